The van der Waals surface area contributed by atoms with E-state index in [0.717, 1.165) is 5.69 Å². The molecular weight excluding hydrogens is 216 g/mol. The van der Waals surface area contributed by atoms with Crippen molar-refractivity contribution in [3.63, 3.8) is 0 Å². The van der Waals surface area contributed by atoms with E-state index in [4.69, 9.17) is 0 Å². The minimum absolute atomic E-state index is 0.0255. The fraction of sp³-hybridized carbons (Fsp3) is 0.667. The lowest BCUT2D eigenvalue weighted by atomic mass is 9.95. The highest BCUT2D eigenvalue weighted by molar-refractivity contribution is 5.92. The summed E-state index contributed by atoms with van der Waals surface area (Å²) in [6, 6.07) is 2.32. The topological polar surface area (TPSA) is 50.2 Å². The summed E-state index contributed by atoms with van der Waals surface area (Å²) < 4.78 is 1.81. The van der Waals surface area contributed by atoms with Crippen molar-refractivity contribution in [1.29, 1.82) is 0 Å². The second-order valence-corrected chi connectivity index (χ2v) is 5.01. The molecule has 1 amide bonds. The minimum atomic E-state index is -0.0255. The predicted molar refractivity (Wildman–Crippen MR) is 63.1 cm³/mol. The second-order valence-electron chi connectivity index (χ2n) is 5.01. The Morgan fingerprint density at radius 2 is 2.12 bits per heavy atom. The SMILES string of the molecule is Cc1cc2n(n1)CN(C1CCCCC1)NC2=O. The zero-order valence-corrected chi connectivity index (χ0v) is 10.1. The maximum absolute atomic E-state index is 11.9. The second kappa shape index (κ2) is 4.14. The average molecular weight is 234 g/mol. The summed E-state index contributed by atoms with van der Waals surface area (Å²) in [4.78, 5) is 11.9. The Bertz CT molecular complexity index is 434. The Labute approximate surface area is 101 Å². The van der Waals surface area contributed by atoms with Crippen LogP contribution >= 0.6 is 0 Å². The van der Waals surface area contributed by atoms with Crippen LogP contribution in [0.1, 0.15) is 48.3 Å². The molecule has 1 saturated carbocycles. The van der Waals surface area contributed by atoms with E-state index in [-0.39, 0.29) is 5.91 Å². The maximum atomic E-state index is 11.9. The van der Waals surface area contributed by atoms with Crippen LogP contribution in [0.15, 0.2) is 6.07 Å². The molecule has 3 rings (SSSR count). The zero-order valence-electron chi connectivity index (χ0n) is 10.1. The van der Waals surface area contributed by atoms with E-state index in [1.54, 1.807) is 0 Å². The Hall–Kier alpha value is -1.36. The van der Waals surface area contributed by atoms with Crippen molar-refractivity contribution in [1.82, 2.24) is 20.2 Å². The molecule has 1 aromatic rings. The van der Waals surface area contributed by atoms with Crippen molar-refractivity contribution in [2.75, 3.05) is 0 Å². The molecule has 1 fully saturated rings. The van der Waals surface area contributed by atoms with E-state index >= 15 is 0 Å². The number of carbonyl (C=O) groups is 1. The smallest absolute Gasteiger partial charge is 0.281 e. The number of nitrogens with zero attached hydrogens (tertiary/aromatic N) is 3. The Kier molecular flexibility index (Phi) is 2.63. The third-order valence-electron chi connectivity index (χ3n) is 3.68. The highest BCUT2D eigenvalue weighted by Crippen LogP contribution is 2.23. The first-order valence-corrected chi connectivity index (χ1v) is 6.36. The van der Waals surface area contributed by atoms with Crippen LogP contribution in [0.3, 0.4) is 0 Å². The monoisotopic (exact) mass is 234 g/mol. The van der Waals surface area contributed by atoms with Crippen LogP contribution in [0.5, 0.6) is 0 Å². The molecule has 0 saturated heterocycles. The average Bonchev–Trinajstić information content (AvgIpc) is 2.71. The predicted octanol–water partition coefficient (Wildman–Crippen LogP) is 1.44. The van der Waals surface area contributed by atoms with Crippen molar-refractivity contribution in [2.24, 2.45) is 0 Å². The molecule has 17 heavy (non-hydrogen) atoms. The molecular formula is C12H18N4O. The van der Waals surface area contributed by atoms with Crippen LogP contribution in [-0.2, 0) is 6.67 Å². The Balaban J connectivity index is 1.80. The van der Waals surface area contributed by atoms with Crippen molar-refractivity contribution in [3.05, 3.63) is 17.5 Å². The van der Waals surface area contributed by atoms with E-state index in [1.807, 2.05) is 17.7 Å². The molecule has 0 unspecified atom stereocenters. The summed E-state index contributed by atoms with van der Waals surface area (Å²) in [6.45, 7) is 2.60. The van der Waals surface area contributed by atoms with Crippen molar-refractivity contribution in [3.8, 4) is 0 Å². The lowest BCUT2D eigenvalue weighted by Crippen LogP contribution is -2.54. The van der Waals surface area contributed by atoms with Crippen LogP contribution in [0.4, 0.5) is 0 Å². The van der Waals surface area contributed by atoms with Gasteiger partial charge in [-0.1, -0.05) is 19.3 Å². The molecule has 0 bridgehead atoms. The number of hydrogen-bond donors (Lipinski definition) is 1. The first-order chi connectivity index (χ1) is 8.24. The molecule has 92 valence electrons. The number of nitrogens with one attached hydrogen (secondary N) is 1. The van der Waals surface area contributed by atoms with E-state index in [2.05, 4.69) is 15.5 Å². The molecule has 2 heterocycles. The van der Waals surface area contributed by atoms with Gasteiger partial charge >= 0.3 is 0 Å². The van der Waals surface area contributed by atoms with Gasteiger partial charge in [0.2, 0.25) is 0 Å². The molecule has 5 heteroatoms. The van der Waals surface area contributed by atoms with Gasteiger partial charge in [0.25, 0.3) is 5.91 Å². The number of aromatic nitrogens is 2. The zero-order chi connectivity index (χ0) is 11.8. The minimum Gasteiger partial charge on any atom is -0.281 e. The quantitative estimate of drug-likeness (QED) is 0.800. The van der Waals surface area contributed by atoms with Gasteiger partial charge in [-0.2, -0.15) is 10.1 Å². The van der Waals surface area contributed by atoms with Gasteiger partial charge < -0.3 is 0 Å². The Morgan fingerprint density at radius 1 is 1.35 bits per heavy atom. The van der Waals surface area contributed by atoms with E-state index in [1.165, 1.54) is 32.1 Å². The first-order valence-electron chi connectivity index (χ1n) is 6.36. The third kappa shape index (κ3) is 1.95. The van der Waals surface area contributed by atoms with Crippen LogP contribution in [0, 0.1) is 6.92 Å². The van der Waals surface area contributed by atoms with Gasteiger partial charge in [0.05, 0.1) is 5.69 Å². The van der Waals surface area contributed by atoms with E-state index in [0.29, 0.717) is 18.4 Å². The van der Waals surface area contributed by atoms with Gasteiger partial charge in [-0.15, -0.1) is 0 Å². The third-order valence-corrected chi connectivity index (χ3v) is 3.68. The first kappa shape index (κ1) is 10.8. The fourth-order valence-corrected chi connectivity index (χ4v) is 2.80. The maximum Gasteiger partial charge on any atom is 0.283 e. The number of hydrogen-bond acceptors (Lipinski definition) is 3. The van der Waals surface area contributed by atoms with Gasteiger partial charge in [-0.25, -0.2) is 4.68 Å². The van der Waals surface area contributed by atoms with Gasteiger partial charge in [0.15, 0.2) is 0 Å². The van der Waals surface area contributed by atoms with Crippen molar-refractivity contribution < 1.29 is 4.79 Å². The lowest BCUT2D eigenvalue weighted by molar-refractivity contribution is 0.0297. The molecule has 1 aliphatic carbocycles. The Morgan fingerprint density at radius 3 is 2.88 bits per heavy atom. The molecule has 0 aromatic carbocycles. The summed E-state index contributed by atoms with van der Waals surface area (Å²) in [5.41, 5.74) is 4.57. The van der Waals surface area contributed by atoms with Gasteiger partial charge in [-0.05, 0) is 25.8 Å². The molecule has 1 aliphatic heterocycles. The van der Waals surface area contributed by atoms with E-state index < -0.39 is 0 Å². The highest BCUT2D eigenvalue weighted by Gasteiger charge is 2.29. The molecule has 0 atom stereocenters. The molecule has 0 spiro atoms. The summed E-state index contributed by atoms with van der Waals surface area (Å²) in [5.74, 6) is -0.0255. The number of hydrazine groups is 1. The number of fused-ring (bicyclic) bond motifs is 1. The molecule has 2 aliphatic rings. The van der Waals surface area contributed by atoms with Crippen LogP contribution < -0.4 is 5.43 Å². The fourth-order valence-electron chi connectivity index (χ4n) is 2.80. The molecule has 5 nitrogen and oxygen atoms in total. The van der Waals surface area contributed by atoms with Crippen LogP contribution in [0.25, 0.3) is 0 Å². The normalized spacial score (nSPS) is 22.3. The molecule has 0 radical (unpaired) electrons. The number of amides is 1. The summed E-state index contributed by atoms with van der Waals surface area (Å²) in [5, 5.41) is 6.42. The summed E-state index contributed by atoms with van der Waals surface area (Å²) in [6.07, 6.45) is 6.21. The highest BCUT2D eigenvalue weighted by atomic mass is 16.2. The molecule has 1 aromatic heterocycles. The van der Waals surface area contributed by atoms with Gasteiger partial charge in [-0.3, -0.25) is 10.2 Å². The number of aryl methyl sites for hydroxylation is 1. The van der Waals surface area contributed by atoms with Crippen LogP contribution in [0.2, 0.25) is 0 Å². The largest absolute Gasteiger partial charge is 0.283 e. The van der Waals surface area contributed by atoms with Crippen LogP contribution in [-0.4, -0.2) is 26.7 Å². The van der Waals surface area contributed by atoms with E-state index in [9.17, 15) is 4.79 Å². The lowest BCUT2D eigenvalue weighted by Gasteiger charge is -2.36. The summed E-state index contributed by atoms with van der Waals surface area (Å²) in [7, 11) is 0. The number of carbonyl (C=O) groups excluding carboxylic acids is 1. The number of rotatable bonds is 1. The van der Waals surface area contributed by atoms with Crippen molar-refractivity contribution >= 4 is 5.91 Å². The molecule has 1 N–H and O–H groups in total. The summed E-state index contributed by atoms with van der Waals surface area (Å²) >= 11 is 0. The standard InChI is InChI=1S/C12H18N4O/c1-9-7-11-12(17)14-15(8-16(11)13-9)10-5-3-2-4-6-10/h7,10H,2-6,8H2,1H3,(H,14,17). The van der Waals surface area contributed by atoms with Crippen molar-refractivity contribution in [2.45, 2.75) is 51.7 Å². The van der Waals surface area contributed by atoms with Gasteiger partial charge in [0, 0.05) is 6.04 Å². The van der Waals surface area contributed by atoms with Gasteiger partial charge in [0.1, 0.15) is 12.4 Å².